The van der Waals surface area contributed by atoms with E-state index in [-0.39, 0.29) is 51.0 Å². The van der Waals surface area contributed by atoms with E-state index in [1.165, 1.54) is 82.6 Å². The predicted octanol–water partition coefficient (Wildman–Crippen LogP) is 16.2. The molecule has 0 amide bonds. The molecular formula is C59H60Ir2N4-2. The summed E-state index contributed by atoms with van der Waals surface area (Å²) in [6.07, 6.45) is 7.89. The molecule has 2 radical (unpaired) electrons. The molecule has 0 aliphatic heterocycles. The van der Waals surface area contributed by atoms with Gasteiger partial charge < -0.3 is 8.80 Å². The maximum atomic E-state index is 4.68. The van der Waals surface area contributed by atoms with Crippen LogP contribution in [0.4, 0.5) is 0 Å². The number of aromatic nitrogens is 4. The second kappa shape index (κ2) is 18.4. The molecule has 10 aromatic rings. The van der Waals surface area contributed by atoms with Crippen molar-refractivity contribution in [2.75, 3.05) is 0 Å². The van der Waals surface area contributed by atoms with Crippen LogP contribution in [0.3, 0.4) is 0 Å². The topological polar surface area (TPSA) is 34.6 Å². The molecule has 6 heteroatoms. The van der Waals surface area contributed by atoms with Crippen LogP contribution in [0.5, 0.6) is 0 Å². The minimum Gasteiger partial charge on any atom is -0.340 e. The van der Waals surface area contributed by atoms with Crippen molar-refractivity contribution < 1.29 is 40.2 Å². The Balaban J connectivity index is 0.000000188. The third-order valence-electron chi connectivity index (χ3n) is 13.0. The Morgan fingerprint density at radius 2 is 1.03 bits per heavy atom. The van der Waals surface area contributed by atoms with Crippen molar-refractivity contribution in [3.8, 4) is 22.3 Å². The zero-order valence-corrected chi connectivity index (χ0v) is 44.6. The molecule has 336 valence electrons. The maximum absolute atomic E-state index is 4.68. The van der Waals surface area contributed by atoms with E-state index >= 15 is 0 Å². The summed E-state index contributed by atoms with van der Waals surface area (Å²) in [7, 11) is 0. The van der Waals surface area contributed by atoms with Crippen molar-refractivity contribution in [1.82, 2.24) is 18.8 Å². The quantitative estimate of drug-likeness (QED) is 0.127. The Hall–Kier alpha value is -4.96. The second-order valence-corrected chi connectivity index (χ2v) is 20.4. The first-order valence-electron chi connectivity index (χ1n) is 22.7. The summed E-state index contributed by atoms with van der Waals surface area (Å²) >= 11 is 0. The minimum atomic E-state index is 0. The van der Waals surface area contributed by atoms with Crippen LogP contribution in [0.25, 0.3) is 76.9 Å². The fourth-order valence-corrected chi connectivity index (χ4v) is 9.35. The molecule has 0 saturated carbocycles. The molecule has 4 nitrogen and oxygen atoms in total. The molecule has 65 heavy (non-hydrogen) atoms. The van der Waals surface area contributed by atoms with Crippen LogP contribution in [0.15, 0.2) is 128 Å². The summed E-state index contributed by atoms with van der Waals surface area (Å²) in [5.74, 6) is 1.43. The number of nitrogens with zero attached hydrogens (tertiary/aromatic N) is 4. The van der Waals surface area contributed by atoms with Crippen LogP contribution in [-0.2, 0) is 51.0 Å². The Bertz CT molecular complexity index is 3310. The van der Waals surface area contributed by atoms with E-state index in [0.717, 1.165) is 22.1 Å². The fraction of sp³-hybridized carbons (Fsp3) is 0.288. The Morgan fingerprint density at radius 1 is 0.508 bits per heavy atom. The number of fused-ring (bicyclic) bond motifs is 12. The van der Waals surface area contributed by atoms with E-state index in [0.29, 0.717) is 17.8 Å². The molecule has 0 spiro atoms. The molecular weight excluding hydrogens is 1150 g/mol. The monoisotopic (exact) mass is 1210 g/mol. The first-order chi connectivity index (χ1) is 30.0. The first-order valence-corrected chi connectivity index (χ1v) is 22.7. The third-order valence-corrected chi connectivity index (χ3v) is 13.0. The van der Waals surface area contributed by atoms with Crippen LogP contribution >= 0.6 is 0 Å². The summed E-state index contributed by atoms with van der Waals surface area (Å²) in [5.41, 5.74) is 16.7. The summed E-state index contributed by atoms with van der Waals surface area (Å²) < 4.78 is 4.42. The van der Waals surface area contributed by atoms with Gasteiger partial charge in [-0.15, -0.1) is 59.3 Å². The van der Waals surface area contributed by atoms with Crippen molar-refractivity contribution in [2.24, 2.45) is 0 Å². The smallest absolute Gasteiger partial charge is 0.0608 e. The van der Waals surface area contributed by atoms with E-state index in [1.807, 2.05) is 30.7 Å². The molecule has 0 bridgehead atoms. The zero-order valence-electron chi connectivity index (χ0n) is 39.8. The van der Waals surface area contributed by atoms with E-state index < -0.39 is 0 Å². The maximum Gasteiger partial charge on any atom is 0.0608 e. The Kier molecular flexibility index (Phi) is 13.6. The van der Waals surface area contributed by atoms with Gasteiger partial charge in [-0.05, 0) is 96.0 Å². The van der Waals surface area contributed by atoms with Gasteiger partial charge >= 0.3 is 0 Å². The van der Waals surface area contributed by atoms with Gasteiger partial charge in [0.15, 0.2) is 0 Å². The van der Waals surface area contributed by atoms with Crippen molar-refractivity contribution in [1.29, 1.82) is 0 Å². The summed E-state index contributed by atoms with van der Waals surface area (Å²) in [6, 6.07) is 45.0. The predicted molar refractivity (Wildman–Crippen MR) is 269 cm³/mol. The van der Waals surface area contributed by atoms with Gasteiger partial charge in [0.2, 0.25) is 0 Å². The number of benzene rings is 6. The summed E-state index contributed by atoms with van der Waals surface area (Å²) in [6.45, 7) is 27.5. The molecule has 0 aliphatic rings. The summed E-state index contributed by atoms with van der Waals surface area (Å²) in [5, 5.41) is 7.05. The van der Waals surface area contributed by atoms with E-state index in [1.54, 1.807) is 0 Å². The van der Waals surface area contributed by atoms with Crippen LogP contribution in [-0.4, -0.2) is 18.8 Å². The number of hydrogen-bond donors (Lipinski definition) is 0. The van der Waals surface area contributed by atoms with E-state index in [4.69, 9.17) is 0 Å². The average Bonchev–Trinajstić information content (AvgIpc) is 3.97. The van der Waals surface area contributed by atoms with Gasteiger partial charge in [-0.25, -0.2) is 0 Å². The van der Waals surface area contributed by atoms with Crippen LogP contribution in [0, 0.1) is 12.1 Å². The van der Waals surface area contributed by atoms with Gasteiger partial charge in [0, 0.05) is 81.6 Å². The Labute approximate surface area is 412 Å². The Morgan fingerprint density at radius 3 is 1.57 bits per heavy atom. The van der Waals surface area contributed by atoms with Crippen LogP contribution in [0.2, 0.25) is 0 Å². The number of imidazole rings is 2. The molecule has 0 fully saturated rings. The van der Waals surface area contributed by atoms with Crippen molar-refractivity contribution >= 4 is 54.6 Å². The standard InChI is InChI=1S/C30H31N2.C29H29N2.2Ir/c1-18(2)22-16-25(19(3)4)29(26(17-22)20(5)6)21-11-12-28-27(15-21)23-9-7-8-10-24(23)30-31-13-14-32(28)30;1-28(2,3)20-13-11-19(12-14-20)24-17-21(29(4,5)6)18-25-22-9-7-8-10-23(22)27-30-15-16-31(27)26(24)25;;/h7-9,11-20H,1-6H3;7-9,11-18H,1-6H3;;/q2*-1;;. The molecule has 6 aromatic carbocycles. The van der Waals surface area contributed by atoms with Gasteiger partial charge in [-0.3, -0.25) is 9.97 Å². The van der Waals surface area contributed by atoms with Crippen molar-refractivity contribution in [3.63, 3.8) is 0 Å². The van der Waals surface area contributed by atoms with E-state index in [2.05, 4.69) is 211 Å². The number of rotatable bonds is 5. The molecule has 10 rings (SSSR count). The fourth-order valence-electron chi connectivity index (χ4n) is 9.35. The normalized spacial score (nSPS) is 12.2. The number of pyridine rings is 2. The molecule has 0 atom stereocenters. The van der Waals surface area contributed by atoms with Gasteiger partial charge in [0.1, 0.15) is 0 Å². The molecule has 4 aromatic heterocycles. The second-order valence-electron chi connectivity index (χ2n) is 20.4. The van der Waals surface area contributed by atoms with E-state index in [9.17, 15) is 0 Å². The molecule has 0 aliphatic carbocycles. The third kappa shape index (κ3) is 8.76. The zero-order chi connectivity index (χ0) is 44.5. The molecule has 4 heterocycles. The van der Waals surface area contributed by atoms with Gasteiger partial charge in [0.05, 0.1) is 11.3 Å². The first kappa shape index (κ1) is 48.0. The van der Waals surface area contributed by atoms with Gasteiger partial charge in [-0.1, -0.05) is 148 Å². The van der Waals surface area contributed by atoms with Crippen LogP contribution in [0.1, 0.15) is 129 Å². The van der Waals surface area contributed by atoms with Crippen molar-refractivity contribution in [3.05, 3.63) is 168 Å². The minimum absolute atomic E-state index is 0. The molecule has 0 N–H and O–H groups in total. The SMILES string of the molecule is CC(C)(C)c1ccc(-c2cc(C(C)(C)C)cc3c4ccc[c-]c4c4nccn4c23)cc1.CC(C)c1cc(C(C)C)c(-c2ccc3c(c2)c2ccc[c-]c2c2nccn32)c(C(C)C)c1.[Ir].[Ir]. The largest absolute Gasteiger partial charge is 0.340 e. The molecule has 0 saturated heterocycles. The van der Waals surface area contributed by atoms with Gasteiger partial charge in [0.25, 0.3) is 0 Å². The van der Waals surface area contributed by atoms with Crippen molar-refractivity contribution in [2.45, 2.75) is 112 Å². The van der Waals surface area contributed by atoms with Crippen LogP contribution < -0.4 is 0 Å². The molecule has 0 unspecified atom stereocenters. The average molecular weight is 1210 g/mol. The van der Waals surface area contributed by atoms with Gasteiger partial charge in [-0.2, -0.15) is 0 Å². The number of hydrogen-bond acceptors (Lipinski definition) is 2. The summed E-state index contributed by atoms with van der Waals surface area (Å²) in [4.78, 5) is 9.29.